The van der Waals surface area contributed by atoms with Gasteiger partial charge in [-0.15, -0.1) is 5.10 Å². The fourth-order valence-electron chi connectivity index (χ4n) is 3.37. The first-order chi connectivity index (χ1) is 10.1. The van der Waals surface area contributed by atoms with Crippen molar-refractivity contribution >= 4 is 16.5 Å². The van der Waals surface area contributed by atoms with Crippen LogP contribution in [0.15, 0.2) is 0 Å². The molecule has 7 heteroatoms. The quantitative estimate of drug-likeness (QED) is 0.682. The molecule has 2 unspecified atom stereocenters. The summed E-state index contributed by atoms with van der Waals surface area (Å²) < 4.78 is -0.746. The molecule has 0 amide bonds. The van der Waals surface area contributed by atoms with Gasteiger partial charge >= 0.3 is 5.13 Å². The maximum Gasteiger partial charge on any atom is 0.309 e. The smallest absolute Gasteiger partial charge is 0.309 e. The third kappa shape index (κ3) is 2.98. The second kappa shape index (κ2) is 6.26. The summed E-state index contributed by atoms with van der Waals surface area (Å²) in [5.74, 6) is 0.461. The summed E-state index contributed by atoms with van der Waals surface area (Å²) in [6, 6.07) is 0. The van der Waals surface area contributed by atoms with Crippen LogP contribution in [0.2, 0.25) is 0 Å². The topological polar surface area (TPSA) is 72.3 Å². The molecule has 2 aliphatic rings. The fraction of sp³-hybridized carbons (Fsp3) is 0.857. The van der Waals surface area contributed by atoms with Crippen molar-refractivity contribution in [3.63, 3.8) is 0 Å². The van der Waals surface area contributed by atoms with Crippen LogP contribution >= 0.6 is 11.3 Å². The Morgan fingerprint density at radius 2 is 2.10 bits per heavy atom. The number of hydroxylamine groups is 2. The first-order valence-corrected chi connectivity index (χ1v) is 8.78. The minimum atomic E-state index is -0.941. The van der Waals surface area contributed by atoms with Crippen molar-refractivity contribution in [3.8, 4) is 0 Å². The molecule has 21 heavy (non-hydrogen) atoms. The van der Waals surface area contributed by atoms with E-state index < -0.39 is 10.9 Å². The second-order valence-electron chi connectivity index (χ2n) is 6.25. The number of aromatic nitrogens is 2. The van der Waals surface area contributed by atoms with Gasteiger partial charge in [0.15, 0.2) is 0 Å². The van der Waals surface area contributed by atoms with Gasteiger partial charge in [-0.3, -0.25) is 4.65 Å². The summed E-state index contributed by atoms with van der Waals surface area (Å²) >= 11 is 1.41. The molecular formula is C14H24N4O2S. The zero-order valence-electron chi connectivity index (χ0n) is 12.6. The van der Waals surface area contributed by atoms with E-state index in [4.69, 9.17) is 0 Å². The van der Waals surface area contributed by atoms with E-state index in [0.29, 0.717) is 17.6 Å². The Hall–Kier alpha value is -0.600. The summed E-state index contributed by atoms with van der Waals surface area (Å²) in [5, 5.41) is 32.9. The Balaban J connectivity index is 1.75. The first-order valence-electron chi connectivity index (χ1n) is 7.96. The standard InChI is InChI=1S/C14H24N4O2S/c1-2-8-17-9-12(19)18(20,10-17)14-16-15-13(21-14)11-6-4-3-5-7-11/h11-12,19H,2-10H2,1H3. The van der Waals surface area contributed by atoms with Gasteiger partial charge in [0.2, 0.25) is 6.23 Å². The fourth-order valence-corrected chi connectivity index (χ4v) is 4.46. The lowest BCUT2D eigenvalue weighted by Crippen LogP contribution is -2.48. The van der Waals surface area contributed by atoms with Crippen molar-refractivity contribution in [1.82, 2.24) is 19.7 Å². The van der Waals surface area contributed by atoms with Crippen LogP contribution in [0.5, 0.6) is 0 Å². The van der Waals surface area contributed by atoms with Crippen molar-refractivity contribution in [3.05, 3.63) is 10.2 Å². The minimum absolute atomic E-state index is 0.286. The number of hydrogen-bond acceptors (Lipinski definition) is 6. The van der Waals surface area contributed by atoms with Crippen molar-refractivity contribution in [2.24, 2.45) is 0 Å². The van der Waals surface area contributed by atoms with E-state index >= 15 is 0 Å². The first kappa shape index (κ1) is 15.3. The van der Waals surface area contributed by atoms with E-state index in [1.165, 1.54) is 30.6 Å². The zero-order chi connectivity index (χ0) is 14.9. The van der Waals surface area contributed by atoms with Crippen LogP contribution in [-0.4, -0.2) is 46.2 Å². The number of nitrogens with zero attached hydrogens (tertiary/aromatic N) is 4. The van der Waals surface area contributed by atoms with Gasteiger partial charge < -0.3 is 10.3 Å². The van der Waals surface area contributed by atoms with Gasteiger partial charge in [0.1, 0.15) is 11.7 Å². The zero-order valence-corrected chi connectivity index (χ0v) is 13.4. The van der Waals surface area contributed by atoms with Crippen LogP contribution in [-0.2, 0) is 0 Å². The molecule has 3 rings (SSSR count). The Labute approximate surface area is 129 Å². The van der Waals surface area contributed by atoms with E-state index in [1.807, 2.05) is 4.90 Å². The summed E-state index contributed by atoms with van der Waals surface area (Å²) in [5.41, 5.74) is 0. The highest BCUT2D eigenvalue weighted by molar-refractivity contribution is 7.15. The molecule has 1 N–H and O–H groups in total. The summed E-state index contributed by atoms with van der Waals surface area (Å²) in [6.45, 7) is 3.63. The molecule has 1 aliphatic heterocycles. The number of aliphatic hydroxyl groups is 1. The number of quaternary nitrogens is 1. The van der Waals surface area contributed by atoms with Crippen molar-refractivity contribution in [2.45, 2.75) is 57.6 Å². The van der Waals surface area contributed by atoms with Gasteiger partial charge in [0.25, 0.3) is 0 Å². The van der Waals surface area contributed by atoms with Crippen LogP contribution in [0.1, 0.15) is 56.4 Å². The molecule has 0 aromatic carbocycles. The average molecular weight is 312 g/mol. The maximum absolute atomic E-state index is 13.0. The molecule has 2 heterocycles. The lowest BCUT2D eigenvalue weighted by atomic mass is 9.90. The molecule has 0 bridgehead atoms. The van der Waals surface area contributed by atoms with Gasteiger partial charge in [-0.1, -0.05) is 31.3 Å². The predicted molar refractivity (Wildman–Crippen MR) is 83.6 cm³/mol. The molecule has 0 spiro atoms. The number of rotatable bonds is 4. The van der Waals surface area contributed by atoms with Gasteiger partial charge in [0, 0.05) is 12.5 Å². The Bertz CT molecular complexity index is 477. The Morgan fingerprint density at radius 3 is 2.81 bits per heavy atom. The lowest BCUT2D eigenvalue weighted by Gasteiger charge is -2.36. The van der Waals surface area contributed by atoms with Gasteiger partial charge in [0.05, 0.1) is 6.54 Å². The molecule has 0 radical (unpaired) electrons. The third-order valence-electron chi connectivity index (χ3n) is 4.56. The summed E-state index contributed by atoms with van der Waals surface area (Å²) in [7, 11) is 0. The normalized spacial score (nSPS) is 31.9. The molecule has 1 saturated carbocycles. The van der Waals surface area contributed by atoms with Crippen LogP contribution in [0, 0.1) is 5.21 Å². The van der Waals surface area contributed by atoms with Crippen LogP contribution < -0.4 is 4.65 Å². The van der Waals surface area contributed by atoms with Crippen molar-refractivity contribution < 1.29 is 5.11 Å². The number of aliphatic hydroxyl groups excluding tert-OH is 1. The molecule has 1 aliphatic carbocycles. The molecular weight excluding hydrogens is 288 g/mol. The molecule has 2 atom stereocenters. The largest absolute Gasteiger partial charge is 0.623 e. The second-order valence-corrected chi connectivity index (χ2v) is 7.24. The highest BCUT2D eigenvalue weighted by Crippen LogP contribution is 2.39. The van der Waals surface area contributed by atoms with Gasteiger partial charge in [-0.05, 0) is 30.6 Å². The Morgan fingerprint density at radius 1 is 1.33 bits per heavy atom. The van der Waals surface area contributed by atoms with Crippen molar-refractivity contribution in [1.29, 1.82) is 0 Å². The molecule has 2 fully saturated rings. The molecule has 1 saturated heterocycles. The monoisotopic (exact) mass is 312 g/mol. The van der Waals surface area contributed by atoms with E-state index in [2.05, 4.69) is 17.1 Å². The maximum atomic E-state index is 13.0. The number of β-amino-alcohol motifs (C(OH)–C–C–N with tert-alkyl or cyclic N) is 1. The van der Waals surface area contributed by atoms with Gasteiger partial charge in [-0.25, -0.2) is 4.90 Å². The summed E-state index contributed by atoms with van der Waals surface area (Å²) in [4.78, 5) is 2.01. The minimum Gasteiger partial charge on any atom is -0.623 e. The van der Waals surface area contributed by atoms with E-state index in [-0.39, 0.29) is 6.67 Å². The number of hydrogen-bond donors (Lipinski definition) is 1. The van der Waals surface area contributed by atoms with Crippen LogP contribution in [0.4, 0.5) is 5.13 Å². The van der Waals surface area contributed by atoms with Crippen molar-refractivity contribution in [2.75, 3.05) is 19.8 Å². The van der Waals surface area contributed by atoms with Crippen LogP contribution in [0.3, 0.4) is 0 Å². The summed E-state index contributed by atoms with van der Waals surface area (Å²) in [6.07, 6.45) is 6.12. The van der Waals surface area contributed by atoms with Gasteiger partial charge in [-0.2, -0.15) is 0 Å². The third-order valence-corrected chi connectivity index (χ3v) is 5.76. The van der Waals surface area contributed by atoms with E-state index in [9.17, 15) is 10.3 Å². The molecule has 1 aromatic heterocycles. The highest BCUT2D eigenvalue weighted by atomic mass is 32.1. The molecule has 1 aromatic rings. The SMILES string of the molecule is CCCN1CC(O)[N+]([O-])(c2nnc(C3CCCCC3)s2)C1. The Kier molecular flexibility index (Phi) is 4.56. The lowest BCUT2D eigenvalue weighted by molar-refractivity contribution is 0.0843. The molecule has 118 valence electrons. The highest BCUT2D eigenvalue weighted by Gasteiger charge is 2.42. The molecule has 6 nitrogen and oxygen atoms in total. The van der Waals surface area contributed by atoms with Crippen LogP contribution in [0.25, 0.3) is 0 Å². The van der Waals surface area contributed by atoms with E-state index in [1.54, 1.807) is 0 Å². The van der Waals surface area contributed by atoms with E-state index in [0.717, 1.165) is 30.8 Å². The average Bonchev–Trinajstić information content (AvgIpc) is 3.07. The predicted octanol–water partition coefficient (Wildman–Crippen LogP) is 2.39.